The number of carboxylic acids is 1. The minimum absolute atomic E-state index is 0.0356. The minimum Gasteiger partial charge on any atom is -0.475 e. The van der Waals surface area contributed by atoms with Crippen molar-refractivity contribution >= 4 is 5.97 Å². The second kappa shape index (κ2) is 5.56. The number of carboxylic acid groups (broad SMARTS) is 1. The molecule has 0 aliphatic heterocycles. The fourth-order valence-electron chi connectivity index (χ4n) is 1.49. The Bertz CT molecular complexity index is 315. The molecule has 0 spiro atoms. The van der Waals surface area contributed by atoms with Gasteiger partial charge in [0.25, 0.3) is 0 Å². The Labute approximate surface area is 89.3 Å². The Kier molecular flexibility index (Phi) is 4.37. The molecule has 84 valence electrons. The first-order valence-electron chi connectivity index (χ1n) is 5.22. The van der Waals surface area contributed by atoms with E-state index in [1.165, 1.54) is 6.26 Å². The van der Waals surface area contributed by atoms with Gasteiger partial charge in [-0.1, -0.05) is 13.8 Å². The number of carbonyl (C=O) groups is 1. The van der Waals surface area contributed by atoms with Gasteiger partial charge in [-0.2, -0.15) is 0 Å². The average Bonchev–Trinajstić information content (AvgIpc) is 2.67. The van der Waals surface area contributed by atoms with Gasteiger partial charge < -0.3 is 14.8 Å². The zero-order valence-corrected chi connectivity index (χ0v) is 9.12. The van der Waals surface area contributed by atoms with Crippen molar-refractivity contribution in [2.24, 2.45) is 0 Å². The zero-order chi connectivity index (χ0) is 11.3. The third kappa shape index (κ3) is 3.09. The van der Waals surface area contributed by atoms with Crippen LogP contribution >= 0.6 is 0 Å². The van der Waals surface area contributed by atoms with Gasteiger partial charge in [-0.05, 0) is 18.9 Å². The van der Waals surface area contributed by atoms with E-state index in [1.807, 2.05) is 0 Å². The van der Waals surface area contributed by atoms with Crippen molar-refractivity contribution in [3.63, 3.8) is 0 Å². The topological polar surface area (TPSA) is 62.5 Å². The molecule has 1 aromatic rings. The van der Waals surface area contributed by atoms with Crippen molar-refractivity contribution in [2.75, 3.05) is 0 Å². The van der Waals surface area contributed by atoms with Gasteiger partial charge >= 0.3 is 5.97 Å². The smallest absolute Gasteiger partial charge is 0.372 e. The Morgan fingerprint density at radius 1 is 1.53 bits per heavy atom. The Balaban J connectivity index is 2.57. The van der Waals surface area contributed by atoms with Crippen LogP contribution in [0.5, 0.6) is 0 Å². The number of hydrogen-bond acceptors (Lipinski definition) is 3. The first kappa shape index (κ1) is 11.8. The molecule has 0 radical (unpaired) electrons. The van der Waals surface area contributed by atoms with Crippen LogP contribution in [0.4, 0.5) is 0 Å². The van der Waals surface area contributed by atoms with Crippen LogP contribution in [0.3, 0.4) is 0 Å². The quantitative estimate of drug-likeness (QED) is 0.757. The fraction of sp³-hybridized carbons (Fsp3) is 0.545. The van der Waals surface area contributed by atoms with Gasteiger partial charge in [0.05, 0.1) is 6.26 Å². The molecule has 15 heavy (non-hydrogen) atoms. The van der Waals surface area contributed by atoms with E-state index in [0.717, 1.165) is 12.8 Å². The SMILES string of the molecule is CCC(CC)NCc1ccoc1C(=O)O. The molecule has 1 heterocycles. The van der Waals surface area contributed by atoms with Gasteiger partial charge in [0.2, 0.25) is 5.76 Å². The van der Waals surface area contributed by atoms with E-state index in [-0.39, 0.29) is 5.76 Å². The largest absolute Gasteiger partial charge is 0.475 e. The first-order valence-corrected chi connectivity index (χ1v) is 5.22. The highest BCUT2D eigenvalue weighted by molar-refractivity contribution is 5.86. The molecule has 0 bridgehead atoms. The fourth-order valence-corrected chi connectivity index (χ4v) is 1.49. The van der Waals surface area contributed by atoms with Gasteiger partial charge in [-0.3, -0.25) is 0 Å². The lowest BCUT2D eigenvalue weighted by molar-refractivity contribution is 0.0660. The van der Waals surface area contributed by atoms with Crippen LogP contribution in [0.2, 0.25) is 0 Å². The summed E-state index contributed by atoms with van der Waals surface area (Å²) in [6, 6.07) is 2.13. The molecule has 1 rings (SSSR count). The van der Waals surface area contributed by atoms with Crippen LogP contribution in [0.15, 0.2) is 16.7 Å². The van der Waals surface area contributed by atoms with Crippen molar-refractivity contribution in [3.05, 3.63) is 23.7 Å². The van der Waals surface area contributed by atoms with Crippen molar-refractivity contribution in [1.29, 1.82) is 0 Å². The Morgan fingerprint density at radius 3 is 2.73 bits per heavy atom. The molecule has 4 nitrogen and oxygen atoms in total. The summed E-state index contributed by atoms with van der Waals surface area (Å²) in [6.07, 6.45) is 3.49. The predicted octanol–water partition coefficient (Wildman–Crippen LogP) is 2.26. The summed E-state index contributed by atoms with van der Waals surface area (Å²) < 4.78 is 4.89. The maximum absolute atomic E-state index is 10.7. The van der Waals surface area contributed by atoms with E-state index >= 15 is 0 Å². The Hall–Kier alpha value is -1.29. The van der Waals surface area contributed by atoms with Crippen molar-refractivity contribution < 1.29 is 14.3 Å². The Morgan fingerprint density at radius 2 is 2.20 bits per heavy atom. The van der Waals surface area contributed by atoms with Gasteiger partial charge in [0.1, 0.15) is 0 Å². The van der Waals surface area contributed by atoms with E-state index in [2.05, 4.69) is 19.2 Å². The van der Waals surface area contributed by atoms with Crippen molar-refractivity contribution in [2.45, 2.75) is 39.3 Å². The molecule has 2 N–H and O–H groups in total. The van der Waals surface area contributed by atoms with E-state index in [4.69, 9.17) is 9.52 Å². The second-order valence-electron chi connectivity index (χ2n) is 3.47. The zero-order valence-electron chi connectivity index (χ0n) is 9.12. The van der Waals surface area contributed by atoms with Gasteiger partial charge in [-0.25, -0.2) is 4.79 Å². The highest BCUT2D eigenvalue weighted by atomic mass is 16.4. The molecule has 0 aliphatic carbocycles. The van der Waals surface area contributed by atoms with Gasteiger partial charge in [0, 0.05) is 18.2 Å². The molecule has 0 aliphatic rings. The normalized spacial score (nSPS) is 10.9. The summed E-state index contributed by atoms with van der Waals surface area (Å²) in [5.74, 6) is -0.977. The molecule has 1 aromatic heterocycles. The standard InChI is InChI=1S/C11H17NO3/c1-3-9(4-2)12-7-8-5-6-15-10(8)11(13)14/h5-6,9,12H,3-4,7H2,1-2H3,(H,13,14). The molecule has 0 fully saturated rings. The number of hydrogen-bond donors (Lipinski definition) is 2. The van der Waals surface area contributed by atoms with E-state index in [0.29, 0.717) is 18.2 Å². The predicted molar refractivity (Wildman–Crippen MR) is 56.9 cm³/mol. The van der Waals surface area contributed by atoms with Crippen LogP contribution in [0, 0.1) is 0 Å². The molecule has 0 aromatic carbocycles. The maximum atomic E-state index is 10.7. The van der Waals surface area contributed by atoms with Crippen LogP contribution in [0.25, 0.3) is 0 Å². The number of rotatable bonds is 6. The van der Waals surface area contributed by atoms with Crippen LogP contribution in [-0.4, -0.2) is 17.1 Å². The summed E-state index contributed by atoms with van der Waals surface area (Å²) in [5.41, 5.74) is 0.703. The summed E-state index contributed by atoms with van der Waals surface area (Å²) in [7, 11) is 0. The summed E-state index contributed by atoms with van der Waals surface area (Å²) in [4.78, 5) is 10.7. The molecule has 0 saturated heterocycles. The van der Waals surface area contributed by atoms with Gasteiger partial charge in [0.15, 0.2) is 0 Å². The maximum Gasteiger partial charge on any atom is 0.372 e. The highest BCUT2D eigenvalue weighted by Crippen LogP contribution is 2.11. The highest BCUT2D eigenvalue weighted by Gasteiger charge is 2.14. The van der Waals surface area contributed by atoms with E-state index in [9.17, 15) is 4.79 Å². The van der Waals surface area contributed by atoms with Crippen LogP contribution in [0.1, 0.15) is 42.8 Å². The molecule has 0 atom stereocenters. The molecular formula is C11H17NO3. The van der Waals surface area contributed by atoms with Crippen molar-refractivity contribution in [1.82, 2.24) is 5.32 Å². The lowest BCUT2D eigenvalue weighted by Gasteiger charge is -2.13. The molecular weight excluding hydrogens is 194 g/mol. The van der Waals surface area contributed by atoms with Gasteiger partial charge in [-0.15, -0.1) is 0 Å². The third-order valence-electron chi connectivity index (χ3n) is 2.51. The second-order valence-corrected chi connectivity index (χ2v) is 3.47. The lowest BCUT2D eigenvalue weighted by Crippen LogP contribution is -2.27. The van der Waals surface area contributed by atoms with E-state index < -0.39 is 5.97 Å². The number of nitrogens with one attached hydrogen (secondary N) is 1. The molecule has 0 unspecified atom stereocenters. The molecule has 4 heteroatoms. The first-order chi connectivity index (χ1) is 7.19. The number of furan rings is 1. The summed E-state index contributed by atoms with van der Waals surface area (Å²) in [5, 5.41) is 12.1. The molecule has 0 saturated carbocycles. The summed E-state index contributed by atoms with van der Waals surface area (Å²) in [6.45, 7) is 4.76. The van der Waals surface area contributed by atoms with Crippen LogP contribution in [-0.2, 0) is 6.54 Å². The lowest BCUT2D eigenvalue weighted by atomic mass is 10.1. The molecule has 0 amide bonds. The van der Waals surface area contributed by atoms with Crippen LogP contribution < -0.4 is 5.32 Å². The van der Waals surface area contributed by atoms with E-state index in [1.54, 1.807) is 6.07 Å². The third-order valence-corrected chi connectivity index (χ3v) is 2.51. The average molecular weight is 211 g/mol. The van der Waals surface area contributed by atoms with Crippen molar-refractivity contribution in [3.8, 4) is 0 Å². The summed E-state index contributed by atoms with van der Waals surface area (Å²) >= 11 is 0. The number of aromatic carboxylic acids is 1. The monoisotopic (exact) mass is 211 g/mol. The minimum atomic E-state index is -1.01.